The van der Waals surface area contributed by atoms with Crippen LogP contribution in [0.5, 0.6) is 5.75 Å². The Morgan fingerprint density at radius 2 is 1.65 bits per heavy atom. The number of methoxy groups -OCH3 is 1. The number of rotatable bonds is 3. The van der Waals surface area contributed by atoms with Crippen LogP contribution in [-0.2, 0) is 0 Å². The molecule has 0 aromatic heterocycles. The van der Waals surface area contributed by atoms with Crippen LogP contribution in [0.2, 0.25) is 0 Å². The molecule has 0 heterocycles. The molecule has 1 N–H and O–H groups in total. The molecule has 3 nitrogen and oxygen atoms in total. The standard InChI is InChI=1S/C15H10BrF4NO2/c1-6-5-7(16)3-4-8(6)21-15(22)9-10(17)12(19)14(23-2)13(20)11(9)18/h3-5H,1-2H3,(H,21,22). The van der Waals surface area contributed by atoms with Gasteiger partial charge in [0.25, 0.3) is 5.91 Å². The van der Waals surface area contributed by atoms with E-state index in [4.69, 9.17) is 0 Å². The summed E-state index contributed by atoms with van der Waals surface area (Å²) < 4.78 is 60.0. The molecule has 8 heteroatoms. The molecule has 2 rings (SSSR count). The van der Waals surface area contributed by atoms with Gasteiger partial charge in [-0.15, -0.1) is 0 Å². The van der Waals surface area contributed by atoms with Gasteiger partial charge in [0.05, 0.1) is 7.11 Å². The smallest absolute Gasteiger partial charge is 0.261 e. The molecule has 0 fully saturated rings. The van der Waals surface area contributed by atoms with Gasteiger partial charge in [-0.3, -0.25) is 4.79 Å². The van der Waals surface area contributed by atoms with Crippen LogP contribution in [0, 0.1) is 30.2 Å². The minimum atomic E-state index is -1.83. The summed E-state index contributed by atoms with van der Waals surface area (Å²) in [4.78, 5) is 12.0. The van der Waals surface area contributed by atoms with Gasteiger partial charge in [-0.25, -0.2) is 8.78 Å². The molecule has 2 aromatic rings. The normalized spacial score (nSPS) is 10.6. The molecule has 0 aliphatic heterocycles. The number of anilines is 1. The van der Waals surface area contributed by atoms with E-state index < -0.39 is 40.5 Å². The Labute approximate surface area is 137 Å². The summed E-state index contributed by atoms with van der Waals surface area (Å²) >= 11 is 3.22. The fourth-order valence-corrected chi connectivity index (χ4v) is 2.42. The SMILES string of the molecule is COc1c(F)c(F)c(C(=O)Nc2ccc(Br)cc2C)c(F)c1F. The van der Waals surface area contributed by atoms with Crippen molar-refractivity contribution in [2.24, 2.45) is 0 Å². The number of carbonyl (C=O) groups is 1. The van der Waals surface area contributed by atoms with Gasteiger partial charge in [-0.1, -0.05) is 15.9 Å². The van der Waals surface area contributed by atoms with Crippen molar-refractivity contribution in [2.45, 2.75) is 6.92 Å². The Hall–Kier alpha value is -2.09. The van der Waals surface area contributed by atoms with Crippen LogP contribution in [0.1, 0.15) is 15.9 Å². The van der Waals surface area contributed by atoms with Crippen molar-refractivity contribution in [3.63, 3.8) is 0 Å². The van der Waals surface area contributed by atoms with Crippen molar-refractivity contribution in [3.05, 3.63) is 57.1 Å². The second kappa shape index (κ2) is 6.57. The number of hydrogen-bond donors (Lipinski definition) is 1. The van der Waals surface area contributed by atoms with E-state index in [9.17, 15) is 22.4 Å². The van der Waals surface area contributed by atoms with Crippen LogP contribution in [0.3, 0.4) is 0 Å². The van der Waals surface area contributed by atoms with E-state index in [1.54, 1.807) is 19.1 Å². The summed E-state index contributed by atoms with van der Waals surface area (Å²) in [6.45, 7) is 1.64. The first kappa shape index (κ1) is 17.3. The zero-order chi connectivity index (χ0) is 17.3. The molecule has 1 amide bonds. The van der Waals surface area contributed by atoms with Crippen LogP contribution in [0.25, 0.3) is 0 Å². The van der Waals surface area contributed by atoms with Crippen LogP contribution in [0.15, 0.2) is 22.7 Å². The van der Waals surface area contributed by atoms with Crippen molar-refractivity contribution in [1.82, 2.24) is 0 Å². The first-order chi connectivity index (χ1) is 10.8. The number of hydrogen-bond acceptors (Lipinski definition) is 2. The Bertz CT molecular complexity index is 767. The highest BCUT2D eigenvalue weighted by molar-refractivity contribution is 9.10. The first-order valence-electron chi connectivity index (χ1n) is 6.25. The molecule has 0 saturated carbocycles. The molecule has 2 aromatic carbocycles. The number of benzene rings is 2. The molecule has 0 spiro atoms. The maximum Gasteiger partial charge on any atom is 0.261 e. The van der Waals surface area contributed by atoms with E-state index in [0.717, 1.165) is 11.6 Å². The summed E-state index contributed by atoms with van der Waals surface area (Å²) in [5.41, 5.74) is -0.528. The highest BCUT2D eigenvalue weighted by atomic mass is 79.9. The Morgan fingerprint density at radius 1 is 1.09 bits per heavy atom. The Kier molecular flexibility index (Phi) is 4.93. The summed E-state index contributed by atoms with van der Waals surface area (Å²) in [5, 5.41) is 2.21. The van der Waals surface area contributed by atoms with E-state index >= 15 is 0 Å². The van der Waals surface area contributed by atoms with Crippen LogP contribution < -0.4 is 10.1 Å². The Balaban J connectivity index is 2.48. The number of halogens is 5. The number of nitrogens with one attached hydrogen (secondary N) is 1. The minimum Gasteiger partial charge on any atom is -0.491 e. The third-order valence-electron chi connectivity index (χ3n) is 3.09. The molecule has 0 aliphatic rings. The Morgan fingerprint density at radius 3 is 2.13 bits per heavy atom. The molecule has 122 valence electrons. The first-order valence-corrected chi connectivity index (χ1v) is 7.04. The quantitative estimate of drug-likeness (QED) is 0.614. The maximum absolute atomic E-state index is 13.9. The van der Waals surface area contributed by atoms with Crippen molar-refractivity contribution in [2.75, 3.05) is 12.4 Å². The number of amides is 1. The lowest BCUT2D eigenvalue weighted by molar-refractivity contribution is 0.101. The van der Waals surface area contributed by atoms with Crippen LogP contribution in [-0.4, -0.2) is 13.0 Å². The van der Waals surface area contributed by atoms with Gasteiger partial charge in [0.15, 0.2) is 17.4 Å². The van der Waals surface area contributed by atoms with Gasteiger partial charge in [-0.05, 0) is 30.7 Å². The van der Waals surface area contributed by atoms with Crippen LogP contribution >= 0.6 is 15.9 Å². The van der Waals surface area contributed by atoms with E-state index in [1.165, 1.54) is 6.07 Å². The zero-order valence-corrected chi connectivity index (χ0v) is 13.5. The summed E-state index contributed by atoms with van der Waals surface area (Å²) in [5.74, 6) is -9.74. The molecule has 23 heavy (non-hydrogen) atoms. The summed E-state index contributed by atoms with van der Waals surface area (Å²) in [7, 11) is 0.852. The highest BCUT2D eigenvalue weighted by Crippen LogP contribution is 2.30. The molecule has 0 saturated heterocycles. The molecular formula is C15H10BrF4NO2. The van der Waals surface area contributed by atoms with Crippen molar-refractivity contribution >= 4 is 27.5 Å². The van der Waals surface area contributed by atoms with E-state index in [-0.39, 0.29) is 5.69 Å². The van der Waals surface area contributed by atoms with E-state index in [2.05, 4.69) is 26.0 Å². The predicted molar refractivity (Wildman–Crippen MR) is 79.7 cm³/mol. The second-order valence-corrected chi connectivity index (χ2v) is 5.49. The van der Waals surface area contributed by atoms with Gasteiger partial charge in [0.1, 0.15) is 5.56 Å². The topological polar surface area (TPSA) is 38.3 Å². The zero-order valence-electron chi connectivity index (χ0n) is 11.9. The number of ether oxygens (including phenoxy) is 1. The molecular weight excluding hydrogens is 382 g/mol. The molecule has 0 bridgehead atoms. The fourth-order valence-electron chi connectivity index (χ4n) is 1.94. The lowest BCUT2D eigenvalue weighted by atomic mass is 10.1. The summed E-state index contributed by atoms with van der Waals surface area (Å²) in [6, 6.07) is 4.71. The molecule has 0 atom stereocenters. The minimum absolute atomic E-state index is 0.244. The van der Waals surface area contributed by atoms with Gasteiger partial charge in [0.2, 0.25) is 11.6 Å². The van der Waals surface area contributed by atoms with Crippen molar-refractivity contribution in [1.29, 1.82) is 0 Å². The monoisotopic (exact) mass is 391 g/mol. The van der Waals surface area contributed by atoms with Crippen LogP contribution in [0.4, 0.5) is 23.2 Å². The van der Waals surface area contributed by atoms with Gasteiger partial charge >= 0.3 is 0 Å². The molecule has 0 aliphatic carbocycles. The lowest BCUT2D eigenvalue weighted by Gasteiger charge is -2.12. The maximum atomic E-state index is 13.9. The third-order valence-corrected chi connectivity index (χ3v) is 3.58. The molecule has 0 unspecified atom stereocenters. The third kappa shape index (κ3) is 3.17. The van der Waals surface area contributed by atoms with Gasteiger partial charge in [0, 0.05) is 10.2 Å². The van der Waals surface area contributed by atoms with Crippen molar-refractivity contribution < 1.29 is 27.1 Å². The van der Waals surface area contributed by atoms with E-state index in [1.807, 2.05) is 0 Å². The largest absolute Gasteiger partial charge is 0.491 e. The fraction of sp³-hybridized carbons (Fsp3) is 0.133. The average molecular weight is 392 g/mol. The summed E-state index contributed by atoms with van der Waals surface area (Å²) in [6.07, 6.45) is 0. The second-order valence-electron chi connectivity index (χ2n) is 4.58. The van der Waals surface area contributed by atoms with Gasteiger partial charge < -0.3 is 10.1 Å². The van der Waals surface area contributed by atoms with Gasteiger partial charge in [-0.2, -0.15) is 8.78 Å². The molecule has 0 radical (unpaired) electrons. The lowest BCUT2D eigenvalue weighted by Crippen LogP contribution is -2.19. The number of carbonyl (C=O) groups excluding carboxylic acids is 1. The predicted octanol–water partition coefficient (Wildman–Crippen LogP) is 4.57. The highest BCUT2D eigenvalue weighted by Gasteiger charge is 2.30. The van der Waals surface area contributed by atoms with Crippen molar-refractivity contribution in [3.8, 4) is 5.75 Å². The average Bonchev–Trinajstić information content (AvgIpc) is 2.49. The number of aryl methyl sites for hydroxylation is 1. The van der Waals surface area contributed by atoms with E-state index in [0.29, 0.717) is 5.56 Å².